The number of hydrogen-bond acceptors (Lipinski definition) is 5. The van der Waals surface area contributed by atoms with Crippen LogP contribution < -0.4 is 20.5 Å². The summed E-state index contributed by atoms with van der Waals surface area (Å²) < 4.78 is 11.3. The predicted molar refractivity (Wildman–Crippen MR) is 111 cm³/mol. The first-order valence-corrected chi connectivity index (χ1v) is 9.60. The largest absolute Gasteiger partial charge is 0.493 e. The van der Waals surface area contributed by atoms with E-state index in [1.54, 1.807) is 19.4 Å². The van der Waals surface area contributed by atoms with E-state index in [4.69, 9.17) is 15.2 Å². The number of unbranched alkanes of at least 4 members (excludes halogenated alkanes) is 4. The van der Waals surface area contributed by atoms with Gasteiger partial charge in [-0.25, -0.2) is 4.98 Å². The number of benzene rings is 1. The fourth-order valence-corrected chi connectivity index (χ4v) is 2.74. The highest BCUT2D eigenvalue weighted by atomic mass is 16.5. The van der Waals surface area contributed by atoms with Crippen LogP contribution in [0.1, 0.15) is 50.2 Å². The van der Waals surface area contributed by atoms with E-state index in [1.807, 2.05) is 24.3 Å². The van der Waals surface area contributed by atoms with Crippen LogP contribution in [0.25, 0.3) is 5.70 Å². The quantitative estimate of drug-likeness (QED) is 0.522. The first kappa shape index (κ1) is 20.8. The Balaban J connectivity index is 1.88. The summed E-state index contributed by atoms with van der Waals surface area (Å²) in [6.45, 7) is 7.78. The Hall–Kier alpha value is -2.53. The molecule has 0 saturated heterocycles. The summed E-state index contributed by atoms with van der Waals surface area (Å²) in [4.78, 5) is 4.25. The zero-order valence-corrected chi connectivity index (χ0v) is 16.5. The summed E-state index contributed by atoms with van der Waals surface area (Å²) in [6.07, 6.45) is 8.09. The normalized spacial score (nSPS) is 10.6. The van der Waals surface area contributed by atoms with Crippen molar-refractivity contribution in [2.75, 3.05) is 13.7 Å². The van der Waals surface area contributed by atoms with Gasteiger partial charge >= 0.3 is 0 Å². The molecule has 0 bridgehead atoms. The molecule has 0 atom stereocenters. The third-order valence-electron chi connectivity index (χ3n) is 4.34. The lowest BCUT2D eigenvalue weighted by molar-refractivity contribution is 0.373. The van der Waals surface area contributed by atoms with Gasteiger partial charge in [0.2, 0.25) is 5.88 Å². The Morgan fingerprint density at radius 2 is 1.93 bits per heavy atom. The third kappa shape index (κ3) is 6.94. The Morgan fingerprint density at radius 1 is 1.11 bits per heavy atom. The molecular formula is C22H31N3O2. The van der Waals surface area contributed by atoms with Crippen LogP contribution in [0.4, 0.5) is 0 Å². The molecular weight excluding hydrogens is 338 g/mol. The van der Waals surface area contributed by atoms with Crippen LogP contribution >= 0.6 is 0 Å². The van der Waals surface area contributed by atoms with Crippen LogP contribution in [0.3, 0.4) is 0 Å². The zero-order chi connectivity index (χ0) is 19.5. The molecule has 5 nitrogen and oxygen atoms in total. The SMILES string of the molecule is C=C(N)c1ccc(Oc2ccc(CNCCCCCCC)cc2OC)nc1. The molecule has 0 amide bonds. The number of nitrogens with two attached hydrogens (primary N) is 1. The molecule has 1 heterocycles. The van der Waals surface area contributed by atoms with Crippen LogP contribution in [0.2, 0.25) is 0 Å². The predicted octanol–water partition coefficient (Wildman–Crippen LogP) is 4.87. The number of rotatable bonds is 12. The number of aromatic nitrogens is 1. The standard InChI is InChI=1S/C22H31N3O2/c1-4-5-6-7-8-13-24-15-18-9-11-20(21(14-18)26-3)27-22-12-10-19(16-25-22)17(2)23/h9-12,14,16,24H,2,4-8,13,15,23H2,1,3H3. The molecule has 2 rings (SSSR count). The molecule has 5 heteroatoms. The molecule has 0 aliphatic heterocycles. The number of methoxy groups -OCH3 is 1. The minimum atomic E-state index is 0.480. The molecule has 0 aliphatic rings. The molecule has 0 unspecified atom stereocenters. The van der Waals surface area contributed by atoms with Crippen molar-refractivity contribution >= 4 is 5.70 Å². The van der Waals surface area contributed by atoms with E-state index in [9.17, 15) is 0 Å². The molecule has 0 aliphatic carbocycles. The summed E-state index contributed by atoms with van der Waals surface area (Å²) in [5.74, 6) is 1.80. The first-order chi connectivity index (χ1) is 13.1. The minimum absolute atomic E-state index is 0.480. The number of hydrogen-bond donors (Lipinski definition) is 2. The van der Waals surface area contributed by atoms with E-state index in [-0.39, 0.29) is 0 Å². The first-order valence-electron chi connectivity index (χ1n) is 9.60. The molecule has 0 spiro atoms. The van der Waals surface area contributed by atoms with E-state index in [2.05, 4.69) is 23.8 Å². The molecule has 2 aromatic rings. The van der Waals surface area contributed by atoms with Gasteiger partial charge in [-0.05, 0) is 36.7 Å². The topological polar surface area (TPSA) is 69.4 Å². The second-order valence-electron chi connectivity index (χ2n) is 6.59. The van der Waals surface area contributed by atoms with Gasteiger partial charge in [0.1, 0.15) is 0 Å². The molecule has 146 valence electrons. The monoisotopic (exact) mass is 369 g/mol. The van der Waals surface area contributed by atoms with E-state index < -0.39 is 0 Å². The van der Waals surface area contributed by atoms with Crippen molar-refractivity contribution in [3.8, 4) is 17.4 Å². The number of ether oxygens (including phenoxy) is 2. The van der Waals surface area contributed by atoms with Crippen LogP contribution in [0.15, 0.2) is 43.1 Å². The molecule has 1 aromatic heterocycles. The van der Waals surface area contributed by atoms with Crippen molar-refractivity contribution in [1.29, 1.82) is 0 Å². The summed E-state index contributed by atoms with van der Waals surface area (Å²) in [6, 6.07) is 9.54. The zero-order valence-electron chi connectivity index (χ0n) is 16.5. The number of nitrogens with zero attached hydrogens (tertiary/aromatic N) is 1. The maximum Gasteiger partial charge on any atom is 0.219 e. The van der Waals surface area contributed by atoms with Crippen LogP contribution in [-0.4, -0.2) is 18.6 Å². The molecule has 0 saturated carbocycles. The second kappa shape index (κ2) is 11.2. The van der Waals surface area contributed by atoms with Crippen molar-refractivity contribution in [3.63, 3.8) is 0 Å². The average molecular weight is 370 g/mol. The highest BCUT2D eigenvalue weighted by molar-refractivity contribution is 5.59. The van der Waals surface area contributed by atoms with Gasteiger partial charge in [-0.1, -0.05) is 45.3 Å². The van der Waals surface area contributed by atoms with Gasteiger partial charge in [-0.3, -0.25) is 0 Å². The smallest absolute Gasteiger partial charge is 0.219 e. The Bertz CT molecular complexity index is 714. The van der Waals surface area contributed by atoms with Crippen LogP contribution in [0.5, 0.6) is 17.4 Å². The van der Waals surface area contributed by atoms with Gasteiger partial charge in [-0.2, -0.15) is 0 Å². The summed E-state index contributed by atoms with van der Waals surface area (Å²) in [5.41, 5.74) is 8.08. The van der Waals surface area contributed by atoms with Gasteiger partial charge in [0.15, 0.2) is 11.5 Å². The number of nitrogens with one attached hydrogen (secondary N) is 1. The lowest BCUT2D eigenvalue weighted by Crippen LogP contribution is -2.14. The van der Waals surface area contributed by atoms with Gasteiger partial charge in [0.05, 0.1) is 7.11 Å². The van der Waals surface area contributed by atoms with E-state index >= 15 is 0 Å². The average Bonchev–Trinajstić information content (AvgIpc) is 2.68. The van der Waals surface area contributed by atoms with Crippen molar-refractivity contribution in [3.05, 3.63) is 54.2 Å². The summed E-state index contributed by atoms with van der Waals surface area (Å²) in [7, 11) is 1.64. The summed E-state index contributed by atoms with van der Waals surface area (Å²) in [5, 5.41) is 3.49. The molecule has 27 heavy (non-hydrogen) atoms. The van der Waals surface area contributed by atoms with Crippen LogP contribution in [0, 0.1) is 0 Å². The fraction of sp³-hybridized carbons (Fsp3) is 0.409. The Labute approximate surface area is 162 Å². The lowest BCUT2D eigenvalue weighted by atomic mass is 10.1. The van der Waals surface area contributed by atoms with Gasteiger partial charge in [0, 0.05) is 30.1 Å². The van der Waals surface area contributed by atoms with Crippen LogP contribution in [-0.2, 0) is 6.54 Å². The van der Waals surface area contributed by atoms with Crippen molar-refractivity contribution in [2.45, 2.75) is 45.6 Å². The fourth-order valence-electron chi connectivity index (χ4n) is 2.74. The molecule has 3 N–H and O–H groups in total. The van der Waals surface area contributed by atoms with E-state index in [0.717, 1.165) is 24.2 Å². The summed E-state index contributed by atoms with van der Waals surface area (Å²) >= 11 is 0. The highest BCUT2D eigenvalue weighted by Gasteiger charge is 2.08. The molecule has 0 fully saturated rings. The Morgan fingerprint density at radius 3 is 2.59 bits per heavy atom. The minimum Gasteiger partial charge on any atom is -0.493 e. The Kier molecular flexibility index (Phi) is 8.65. The molecule has 1 aromatic carbocycles. The number of pyridine rings is 1. The van der Waals surface area contributed by atoms with Gasteiger partial charge in [0.25, 0.3) is 0 Å². The van der Waals surface area contributed by atoms with Crippen molar-refractivity contribution < 1.29 is 9.47 Å². The van der Waals surface area contributed by atoms with Crippen molar-refractivity contribution in [2.24, 2.45) is 5.73 Å². The van der Waals surface area contributed by atoms with Gasteiger partial charge in [-0.15, -0.1) is 0 Å². The highest BCUT2D eigenvalue weighted by Crippen LogP contribution is 2.31. The molecule has 0 radical (unpaired) electrons. The lowest BCUT2D eigenvalue weighted by Gasteiger charge is -2.12. The van der Waals surface area contributed by atoms with E-state index in [0.29, 0.717) is 23.1 Å². The maximum absolute atomic E-state index is 5.84. The van der Waals surface area contributed by atoms with Gasteiger partial charge < -0.3 is 20.5 Å². The van der Waals surface area contributed by atoms with Crippen molar-refractivity contribution in [1.82, 2.24) is 10.3 Å². The second-order valence-corrected chi connectivity index (χ2v) is 6.59. The third-order valence-corrected chi connectivity index (χ3v) is 4.34. The van der Waals surface area contributed by atoms with E-state index in [1.165, 1.54) is 32.1 Å². The maximum atomic E-state index is 5.84.